The zero-order valence-electron chi connectivity index (χ0n) is 14.2. The van der Waals surface area contributed by atoms with E-state index in [1.807, 2.05) is 14.0 Å². The molecule has 0 aromatic carbocycles. The molecular formula is C15H17N5O3S2. The molecule has 0 fully saturated rings. The fourth-order valence-corrected chi connectivity index (χ4v) is 4.27. The number of nitrogens with zero attached hydrogens (tertiary/aromatic N) is 4. The first-order chi connectivity index (χ1) is 11.9. The number of thiophene rings is 1. The minimum Gasteiger partial charge on any atom is -0.462 e. The third-order valence-electron chi connectivity index (χ3n) is 3.62. The molecule has 3 rings (SSSR count). The highest BCUT2D eigenvalue weighted by atomic mass is 32.2. The van der Waals surface area contributed by atoms with Gasteiger partial charge in [0.05, 0.1) is 17.2 Å². The first-order valence-corrected chi connectivity index (χ1v) is 9.33. The lowest BCUT2D eigenvalue weighted by atomic mass is 10.2. The van der Waals surface area contributed by atoms with Gasteiger partial charge in [-0.1, -0.05) is 11.8 Å². The van der Waals surface area contributed by atoms with Crippen LogP contribution in [0.25, 0.3) is 10.2 Å². The summed E-state index contributed by atoms with van der Waals surface area (Å²) in [5.41, 5.74) is 0.349. The number of esters is 1. The molecule has 8 nitrogen and oxygen atoms in total. The minimum absolute atomic E-state index is 0.131. The molecule has 3 aromatic rings. The molecule has 1 atom stereocenters. The number of aryl methyl sites for hydroxylation is 2. The van der Waals surface area contributed by atoms with Gasteiger partial charge in [0.15, 0.2) is 5.16 Å². The molecule has 0 saturated heterocycles. The van der Waals surface area contributed by atoms with E-state index in [9.17, 15) is 9.59 Å². The molecule has 3 aromatic heterocycles. The molecule has 1 N–H and O–H groups in total. The predicted molar refractivity (Wildman–Crippen MR) is 96.2 cm³/mol. The van der Waals surface area contributed by atoms with Gasteiger partial charge in [-0.05, 0) is 26.3 Å². The van der Waals surface area contributed by atoms with Crippen molar-refractivity contribution in [2.24, 2.45) is 7.05 Å². The van der Waals surface area contributed by atoms with E-state index in [0.29, 0.717) is 26.5 Å². The summed E-state index contributed by atoms with van der Waals surface area (Å²) in [6, 6.07) is 0. The highest BCUT2D eigenvalue weighted by Crippen LogP contribution is 2.33. The Balaban J connectivity index is 2.00. The molecule has 132 valence electrons. The van der Waals surface area contributed by atoms with E-state index in [-0.39, 0.29) is 17.4 Å². The molecule has 0 bridgehead atoms. The maximum atomic E-state index is 12.5. The van der Waals surface area contributed by atoms with Gasteiger partial charge >= 0.3 is 5.97 Å². The van der Waals surface area contributed by atoms with Gasteiger partial charge in [0.25, 0.3) is 5.56 Å². The van der Waals surface area contributed by atoms with E-state index < -0.39 is 5.97 Å². The molecule has 0 aliphatic rings. The van der Waals surface area contributed by atoms with E-state index in [0.717, 1.165) is 5.16 Å². The average Bonchev–Trinajstić information content (AvgIpc) is 3.11. The largest absolute Gasteiger partial charge is 0.462 e. The number of aromatic amines is 1. The van der Waals surface area contributed by atoms with Crippen LogP contribution in [0.15, 0.2) is 16.3 Å². The number of hydrogen-bond acceptors (Lipinski definition) is 8. The van der Waals surface area contributed by atoms with Crippen LogP contribution in [-0.2, 0) is 11.8 Å². The van der Waals surface area contributed by atoms with Crippen molar-refractivity contribution in [3.05, 3.63) is 32.9 Å². The van der Waals surface area contributed by atoms with Crippen LogP contribution < -0.4 is 5.56 Å². The number of carbonyl (C=O) groups excluding carboxylic acids is 1. The van der Waals surface area contributed by atoms with Crippen molar-refractivity contribution in [3.8, 4) is 0 Å². The lowest BCUT2D eigenvalue weighted by molar-refractivity contribution is 0.0531. The highest BCUT2D eigenvalue weighted by Gasteiger charge is 2.22. The van der Waals surface area contributed by atoms with Crippen molar-refractivity contribution in [2.75, 3.05) is 6.61 Å². The van der Waals surface area contributed by atoms with E-state index in [4.69, 9.17) is 4.74 Å². The number of rotatable bonds is 5. The number of fused-ring (bicyclic) bond motifs is 1. The molecule has 0 aliphatic carbocycles. The van der Waals surface area contributed by atoms with Gasteiger partial charge in [0.2, 0.25) is 0 Å². The molecule has 0 spiro atoms. The van der Waals surface area contributed by atoms with Crippen molar-refractivity contribution in [3.63, 3.8) is 0 Å². The van der Waals surface area contributed by atoms with Crippen molar-refractivity contribution < 1.29 is 9.53 Å². The van der Waals surface area contributed by atoms with Gasteiger partial charge in [0, 0.05) is 7.05 Å². The summed E-state index contributed by atoms with van der Waals surface area (Å²) >= 11 is 2.62. The van der Waals surface area contributed by atoms with E-state index >= 15 is 0 Å². The van der Waals surface area contributed by atoms with Crippen LogP contribution in [0.4, 0.5) is 0 Å². The van der Waals surface area contributed by atoms with Crippen molar-refractivity contribution in [2.45, 2.75) is 31.2 Å². The first kappa shape index (κ1) is 17.6. The number of nitrogens with one attached hydrogen (secondary N) is 1. The average molecular weight is 379 g/mol. The number of carbonyl (C=O) groups is 1. The summed E-state index contributed by atoms with van der Waals surface area (Å²) in [7, 11) is 1.85. The fraction of sp³-hybridized carbons (Fsp3) is 0.400. The lowest BCUT2D eigenvalue weighted by Crippen LogP contribution is -2.13. The standard InChI is InChI=1S/C15H17N5O3S2/c1-5-23-14(22)10-7(2)9-12(21)17-11(18-13(9)25-10)8(3)24-15-19-16-6-20(15)4/h6,8H,5H2,1-4H3,(H,17,18,21)/t8-/m0/s1. The normalized spacial score (nSPS) is 12.5. The molecule has 0 unspecified atom stereocenters. The maximum Gasteiger partial charge on any atom is 0.348 e. The summed E-state index contributed by atoms with van der Waals surface area (Å²) in [5.74, 6) is 0.104. The second-order valence-electron chi connectivity index (χ2n) is 5.39. The SMILES string of the molecule is CCOC(=O)c1sc2nc([C@H](C)Sc3nncn3C)[nH]c(=O)c2c1C. The second kappa shape index (κ2) is 6.96. The monoisotopic (exact) mass is 379 g/mol. The molecular weight excluding hydrogens is 362 g/mol. The summed E-state index contributed by atoms with van der Waals surface area (Å²) in [4.78, 5) is 32.9. The Morgan fingerprint density at radius 2 is 2.28 bits per heavy atom. The Morgan fingerprint density at radius 1 is 1.52 bits per heavy atom. The van der Waals surface area contributed by atoms with Gasteiger partial charge in [0.1, 0.15) is 21.9 Å². The lowest BCUT2D eigenvalue weighted by Gasteiger charge is -2.09. The Hall–Kier alpha value is -2.20. The Morgan fingerprint density at radius 3 is 2.92 bits per heavy atom. The number of hydrogen-bond donors (Lipinski definition) is 1. The van der Waals surface area contributed by atoms with Crippen molar-refractivity contribution in [1.29, 1.82) is 0 Å². The summed E-state index contributed by atoms with van der Waals surface area (Å²) in [5, 5.41) is 8.90. The maximum absolute atomic E-state index is 12.5. The molecule has 10 heteroatoms. The third kappa shape index (κ3) is 3.31. The molecule has 25 heavy (non-hydrogen) atoms. The second-order valence-corrected chi connectivity index (χ2v) is 7.70. The topological polar surface area (TPSA) is 103 Å². The molecule has 0 radical (unpaired) electrons. The Kier molecular flexibility index (Phi) is 4.91. The number of H-pyrrole nitrogens is 1. The van der Waals surface area contributed by atoms with Crippen LogP contribution in [-0.4, -0.2) is 37.3 Å². The first-order valence-electron chi connectivity index (χ1n) is 7.63. The molecule has 0 aliphatic heterocycles. The van der Waals surface area contributed by atoms with Gasteiger partial charge in [-0.25, -0.2) is 9.78 Å². The minimum atomic E-state index is -0.426. The quantitative estimate of drug-likeness (QED) is 0.536. The fourth-order valence-electron chi connectivity index (χ4n) is 2.34. The smallest absolute Gasteiger partial charge is 0.348 e. The summed E-state index contributed by atoms with van der Waals surface area (Å²) in [6.45, 7) is 5.69. The van der Waals surface area contributed by atoms with Crippen LogP contribution >= 0.6 is 23.1 Å². The van der Waals surface area contributed by atoms with Gasteiger partial charge in [-0.3, -0.25) is 4.79 Å². The van der Waals surface area contributed by atoms with Crippen LogP contribution in [0.1, 0.15) is 40.2 Å². The van der Waals surface area contributed by atoms with E-state index in [1.165, 1.54) is 23.1 Å². The van der Waals surface area contributed by atoms with Crippen LogP contribution in [0.5, 0.6) is 0 Å². The van der Waals surface area contributed by atoms with Crippen molar-refractivity contribution >= 4 is 39.3 Å². The van der Waals surface area contributed by atoms with Crippen LogP contribution in [0.3, 0.4) is 0 Å². The molecule has 0 amide bonds. The third-order valence-corrected chi connectivity index (χ3v) is 5.94. The van der Waals surface area contributed by atoms with Crippen molar-refractivity contribution in [1.82, 2.24) is 24.7 Å². The van der Waals surface area contributed by atoms with Gasteiger partial charge in [-0.2, -0.15) is 0 Å². The number of thioether (sulfide) groups is 1. The molecule has 0 saturated carbocycles. The zero-order chi connectivity index (χ0) is 18.1. The number of aromatic nitrogens is 5. The predicted octanol–water partition coefficient (Wildman–Crippen LogP) is 2.45. The van der Waals surface area contributed by atoms with Gasteiger partial charge in [-0.15, -0.1) is 21.5 Å². The van der Waals surface area contributed by atoms with Gasteiger partial charge < -0.3 is 14.3 Å². The Labute approximate surface area is 151 Å². The number of ether oxygens (including phenoxy) is 1. The van der Waals surface area contributed by atoms with Crippen LogP contribution in [0.2, 0.25) is 0 Å². The van der Waals surface area contributed by atoms with E-state index in [1.54, 1.807) is 24.7 Å². The molecule has 3 heterocycles. The summed E-state index contributed by atoms with van der Waals surface area (Å²) < 4.78 is 6.85. The van der Waals surface area contributed by atoms with E-state index in [2.05, 4.69) is 20.2 Å². The zero-order valence-corrected chi connectivity index (χ0v) is 15.8. The highest BCUT2D eigenvalue weighted by molar-refractivity contribution is 7.99. The Bertz CT molecular complexity index is 991. The van der Waals surface area contributed by atoms with Crippen LogP contribution in [0, 0.1) is 6.92 Å². The summed E-state index contributed by atoms with van der Waals surface area (Å²) in [6.07, 6.45) is 1.61.